The summed E-state index contributed by atoms with van der Waals surface area (Å²) in [5.74, 6) is -0.281. The van der Waals surface area contributed by atoms with E-state index in [-0.39, 0.29) is 5.75 Å². The van der Waals surface area contributed by atoms with Gasteiger partial charge in [0.15, 0.2) is 5.11 Å². The molecule has 0 radical (unpaired) electrons. The molecule has 0 saturated carbocycles. The molecule has 0 heterocycles. The standard InChI is InChI=1S/C16H15F3N2OS/c1-10-4-3-5-14(11(10)2)21-15(23)20-12-6-8-13(9-7-12)22-16(17,18)19/h3-9H,1-2H3,(H2,20,21,23). The molecule has 3 nitrogen and oxygen atoms in total. The zero-order chi connectivity index (χ0) is 17.0. The van der Waals surface area contributed by atoms with Crippen LogP contribution in [0.5, 0.6) is 5.75 Å². The lowest BCUT2D eigenvalue weighted by Crippen LogP contribution is -2.20. The molecule has 0 amide bonds. The van der Waals surface area contributed by atoms with E-state index in [2.05, 4.69) is 15.4 Å². The second kappa shape index (κ2) is 6.87. The summed E-state index contributed by atoms with van der Waals surface area (Å²) in [6.45, 7) is 3.97. The van der Waals surface area contributed by atoms with Crippen molar-refractivity contribution in [3.63, 3.8) is 0 Å². The Bertz CT molecular complexity index is 699. The number of benzene rings is 2. The fourth-order valence-corrected chi connectivity index (χ4v) is 2.14. The van der Waals surface area contributed by atoms with Gasteiger partial charge in [-0.2, -0.15) is 0 Å². The molecule has 2 aromatic carbocycles. The normalized spacial score (nSPS) is 11.0. The molecule has 122 valence electrons. The van der Waals surface area contributed by atoms with Crippen molar-refractivity contribution in [1.29, 1.82) is 0 Å². The SMILES string of the molecule is Cc1cccc(NC(=S)Nc2ccc(OC(F)(F)F)cc2)c1C. The number of alkyl halides is 3. The number of hydrogen-bond acceptors (Lipinski definition) is 2. The van der Waals surface area contributed by atoms with Crippen LogP contribution in [-0.2, 0) is 0 Å². The second-order valence-electron chi connectivity index (χ2n) is 4.90. The number of ether oxygens (including phenoxy) is 1. The van der Waals surface area contributed by atoms with E-state index < -0.39 is 6.36 Å². The Labute approximate surface area is 137 Å². The van der Waals surface area contributed by atoms with E-state index in [0.717, 1.165) is 16.8 Å². The number of rotatable bonds is 3. The monoisotopic (exact) mass is 340 g/mol. The highest BCUT2D eigenvalue weighted by Crippen LogP contribution is 2.24. The first-order valence-corrected chi connectivity index (χ1v) is 7.15. The minimum absolute atomic E-state index is 0.281. The second-order valence-corrected chi connectivity index (χ2v) is 5.31. The maximum absolute atomic E-state index is 12.1. The lowest BCUT2D eigenvalue weighted by atomic mass is 10.1. The average molecular weight is 340 g/mol. The molecule has 0 atom stereocenters. The van der Waals surface area contributed by atoms with Gasteiger partial charge in [-0.25, -0.2) is 0 Å². The third-order valence-electron chi connectivity index (χ3n) is 3.20. The van der Waals surface area contributed by atoms with Gasteiger partial charge >= 0.3 is 6.36 Å². The largest absolute Gasteiger partial charge is 0.573 e. The molecule has 0 aromatic heterocycles. The molecule has 2 rings (SSSR count). The molecule has 0 fully saturated rings. The van der Waals surface area contributed by atoms with Gasteiger partial charge in [0.25, 0.3) is 0 Å². The lowest BCUT2D eigenvalue weighted by Gasteiger charge is -2.14. The lowest BCUT2D eigenvalue weighted by molar-refractivity contribution is -0.274. The van der Waals surface area contributed by atoms with E-state index in [9.17, 15) is 13.2 Å². The predicted octanol–water partition coefficient (Wildman–Crippen LogP) is 5.01. The van der Waals surface area contributed by atoms with Gasteiger partial charge in [0.05, 0.1) is 0 Å². The van der Waals surface area contributed by atoms with Crippen LogP contribution in [0.1, 0.15) is 11.1 Å². The van der Waals surface area contributed by atoms with Crippen molar-refractivity contribution < 1.29 is 17.9 Å². The van der Waals surface area contributed by atoms with E-state index >= 15 is 0 Å². The van der Waals surface area contributed by atoms with Gasteiger partial charge in [-0.3, -0.25) is 0 Å². The maximum atomic E-state index is 12.1. The molecule has 0 aliphatic rings. The van der Waals surface area contributed by atoms with Crippen LogP contribution in [-0.4, -0.2) is 11.5 Å². The zero-order valence-electron chi connectivity index (χ0n) is 12.5. The van der Waals surface area contributed by atoms with Gasteiger partial charge in [0, 0.05) is 11.4 Å². The minimum Gasteiger partial charge on any atom is -0.406 e. The average Bonchev–Trinajstić information content (AvgIpc) is 2.44. The van der Waals surface area contributed by atoms with Crippen molar-refractivity contribution in [1.82, 2.24) is 0 Å². The number of aryl methyl sites for hydroxylation is 1. The van der Waals surface area contributed by atoms with E-state index in [0.29, 0.717) is 10.8 Å². The fourth-order valence-electron chi connectivity index (χ4n) is 1.91. The summed E-state index contributed by atoms with van der Waals surface area (Å²) in [5.41, 5.74) is 3.64. The molecule has 0 aliphatic heterocycles. The third-order valence-corrected chi connectivity index (χ3v) is 3.40. The van der Waals surface area contributed by atoms with Crippen molar-refractivity contribution in [2.24, 2.45) is 0 Å². The van der Waals surface area contributed by atoms with Crippen LogP contribution in [0.3, 0.4) is 0 Å². The van der Waals surface area contributed by atoms with E-state index in [1.54, 1.807) is 0 Å². The van der Waals surface area contributed by atoms with Crippen LogP contribution in [0.2, 0.25) is 0 Å². The Hall–Kier alpha value is -2.28. The number of thiocarbonyl (C=S) groups is 1. The summed E-state index contributed by atoms with van der Waals surface area (Å²) >= 11 is 5.21. The summed E-state index contributed by atoms with van der Waals surface area (Å²) in [6.07, 6.45) is -4.70. The smallest absolute Gasteiger partial charge is 0.406 e. The van der Waals surface area contributed by atoms with E-state index in [4.69, 9.17) is 12.2 Å². The first-order valence-electron chi connectivity index (χ1n) is 6.74. The molecule has 23 heavy (non-hydrogen) atoms. The van der Waals surface area contributed by atoms with Crippen LogP contribution in [0.15, 0.2) is 42.5 Å². The number of hydrogen-bond donors (Lipinski definition) is 2. The van der Waals surface area contributed by atoms with Gasteiger partial charge in [-0.05, 0) is 67.5 Å². The molecule has 0 bridgehead atoms. The first-order chi connectivity index (χ1) is 10.7. The molecule has 0 saturated heterocycles. The molecule has 7 heteroatoms. The van der Waals surface area contributed by atoms with Crippen molar-refractivity contribution in [3.8, 4) is 5.75 Å². The number of anilines is 2. The van der Waals surface area contributed by atoms with Crippen LogP contribution < -0.4 is 15.4 Å². The predicted molar refractivity (Wildman–Crippen MR) is 88.9 cm³/mol. The Morgan fingerprint density at radius 3 is 2.26 bits per heavy atom. The van der Waals surface area contributed by atoms with Gasteiger partial charge in [0.2, 0.25) is 0 Å². The zero-order valence-corrected chi connectivity index (χ0v) is 13.3. The Kier molecular flexibility index (Phi) is 5.10. The molecular formula is C16H15F3N2OS. The van der Waals surface area contributed by atoms with Crippen molar-refractivity contribution in [2.75, 3.05) is 10.6 Å². The summed E-state index contributed by atoms with van der Waals surface area (Å²) in [4.78, 5) is 0. The van der Waals surface area contributed by atoms with Crippen LogP contribution in [0.4, 0.5) is 24.5 Å². The fraction of sp³-hybridized carbons (Fsp3) is 0.188. The molecule has 0 aliphatic carbocycles. The minimum atomic E-state index is -4.70. The Balaban J connectivity index is 1.99. The first kappa shape index (κ1) is 17.1. The van der Waals surface area contributed by atoms with Gasteiger partial charge in [-0.15, -0.1) is 13.2 Å². The molecule has 2 N–H and O–H groups in total. The van der Waals surface area contributed by atoms with Crippen molar-refractivity contribution >= 4 is 28.7 Å². The van der Waals surface area contributed by atoms with Crippen LogP contribution >= 0.6 is 12.2 Å². The summed E-state index contributed by atoms with van der Waals surface area (Å²) in [6, 6.07) is 11.2. The number of halogens is 3. The van der Waals surface area contributed by atoms with Crippen molar-refractivity contribution in [2.45, 2.75) is 20.2 Å². The highest BCUT2D eigenvalue weighted by atomic mass is 32.1. The van der Waals surface area contributed by atoms with E-state index in [1.807, 2.05) is 32.0 Å². The van der Waals surface area contributed by atoms with E-state index in [1.165, 1.54) is 24.3 Å². The van der Waals surface area contributed by atoms with Crippen LogP contribution in [0.25, 0.3) is 0 Å². The summed E-state index contributed by atoms with van der Waals surface area (Å²) in [5, 5.41) is 6.32. The summed E-state index contributed by atoms with van der Waals surface area (Å²) < 4.78 is 40.1. The Morgan fingerprint density at radius 2 is 1.65 bits per heavy atom. The molecule has 0 unspecified atom stereocenters. The number of nitrogens with one attached hydrogen (secondary N) is 2. The summed E-state index contributed by atoms with van der Waals surface area (Å²) in [7, 11) is 0. The van der Waals surface area contributed by atoms with Gasteiger partial charge < -0.3 is 15.4 Å². The molecular weight excluding hydrogens is 325 g/mol. The van der Waals surface area contributed by atoms with Crippen molar-refractivity contribution in [3.05, 3.63) is 53.6 Å². The highest BCUT2D eigenvalue weighted by Gasteiger charge is 2.30. The highest BCUT2D eigenvalue weighted by molar-refractivity contribution is 7.80. The molecule has 0 spiro atoms. The van der Waals surface area contributed by atoms with Gasteiger partial charge in [0.1, 0.15) is 5.75 Å². The maximum Gasteiger partial charge on any atom is 0.573 e. The van der Waals surface area contributed by atoms with Crippen LogP contribution in [0, 0.1) is 13.8 Å². The topological polar surface area (TPSA) is 33.3 Å². The van der Waals surface area contributed by atoms with Gasteiger partial charge in [-0.1, -0.05) is 12.1 Å². The Morgan fingerprint density at radius 1 is 1.00 bits per heavy atom. The molecule has 2 aromatic rings. The third kappa shape index (κ3) is 5.14. The quantitative estimate of drug-likeness (QED) is 0.770.